The van der Waals surface area contributed by atoms with E-state index in [1.165, 1.54) is 4.90 Å². The molecule has 0 aliphatic heterocycles. The summed E-state index contributed by atoms with van der Waals surface area (Å²) in [7, 11) is 0. The molecule has 0 saturated heterocycles. The second-order valence-electron chi connectivity index (χ2n) is 4.03. The molecular weight excluding hydrogens is 216 g/mol. The van der Waals surface area contributed by atoms with Gasteiger partial charge in [0, 0.05) is 6.04 Å². The molecule has 4 nitrogen and oxygen atoms in total. The highest BCUT2D eigenvalue weighted by molar-refractivity contribution is 5.82. The van der Waals surface area contributed by atoms with E-state index in [0.717, 1.165) is 0 Å². The molecule has 1 N–H and O–H groups in total. The predicted octanol–water partition coefficient (Wildman–Crippen LogP) is 1.48. The highest BCUT2D eigenvalue weighted by Gasteiger charge is 2.25. The maximum atomic E-state index is 12.0. The van der Waals surface area contributed by atoms with Crippen molar-refractivity contribution in [2.24, 2.45) is 0 Å². The SMILES string of the molecule is CC(C)N(CC#N)C(=O)C(O)c1ccccc1. The number of amides is 1. The molecule has 1 atom stereocenters. The van der Waals surface area contributed by atoms with E-state index in [0.29, 0.717) is 5.56 Å². The number of carbonyl (C=O) groups excluding carboxylic acids is 1. The molecule has 0 aliphatic carbocycles. The maximum Gasteiger partial charge on any atom is 0.257 e. The van der Waals surface area contributed by atoms with Gasteiger partial charge in [0.2, 0.25) is 0 Å². The first kappa shape index (κ1) is 13.2. The number of aliphatic hydroxyl groups is 1. The van der Waals surface area contributed by atoms with Gasteiger partial charge in [-0.2, -0.15) is 5.26 Å². The molecule has 90 valence electrons. The molecule has 0 spiro atoms. The van der Waals surface area contributed by atoms with E-state index in [-0.39, 0.29) is 12.6 Å². The van der Waals surface area contributed by atoms with E-state index in [2.05, 4.69) is 0 Å². The number of hydrogen-bond acceptors (Lipinski definition) is 3. The standard InChI is InChI=1S/C13H16N2O2/c1-10(2)15(9-8-14)13(17)12(16)11-6-4-3-5-7-11/h3-7,10,12,16H,9H2,1-2H3. The minimum atomic E-state index is -1.20. The molecule has 0 fully saturated rings. The summed E-state index contributed by atoms with van der Waals surface area (Å²) in [6.45, 7) is 3.61. The van der Waals surface area contributed by atoms with Crippen molar-refractivity contribution < 1.29 is 9.90 Å². The first-order valence-corrected chi connectivity index (χ1v) is 5.48. The summed E-state index contributed by atoms with van der Waals surface area (Å²) in [5, 5.41) is 18.6. The molecule has 1 rings (SSSR count). The third-order valence-electron chi connectivity index (χ3n) is 2.50. The van der Waals surface area contributed by atoms with Crippen molar-refractivity contribution in [3.05, 3.63) is 35.9 Å². The highest BCUT2D eigenvalue weighted by Crippen LogP contribution is 2.16. The minimum Gasteiger partial charge on any atom is -0.378 e. The molecule has 0 radical (unpaired) electrons. The normalized spacial score (nSPS) is 11.9. The Morgan fingerprint density at radius 1 is 1.41 bits per heavy atom. The lowest BCUT2D eigenvalue weighted by Gasteiger charge is -2.26. The molecule has 1 unspecified atom stereocenters. The van der Waals surface area contributed by atoms with Crippen LogP contribution in [0.25, 0.3) is 0 Å². The number of carbonyl (C=O) groups is 1. The Labute approximate surface area is 101 Å². The van der Waals surface area contributed by atoms with Crippen molar-refractivity contribution in [1.82, 2.24) is 4.90 Å². The van der Waals surface area contributed by atoms with Gasteiger partial charge in [-0.15, -0.1) is 0 Å². The fourth-order valence-electron chi connectivity index (χ4n) is 1.53. The second kappa shape index (κ2) is 6.02. The van der Waals surface area contributed by atoms with E-state index >= 15 is 0 Å². The lowest BCUT2D eigenvalue weighted by molar-refractivity contribution is -0.141. The topological polar surface area (TPSA) is 64.3 Å². The monoisotopic (exact) mass is 232 g/mol. The molecular formula is C13H16N2O2. The van der Waals surface area contributed by atoms with Crippen LogP contribution in [0.3, 0.4) is 0 Å². The summed E-state index contributed by atoms with van der Waals surface area (Å²) in [4.78, 5) is 13.4. The van der Waals surface area contributed by atoms with Crippen molar-refractivity contribution in [1.29, 1.82) is 5.26 Å². The van der Waals surface area contributed by atoms with Crippen molar-refractivity contribution in [2.45, 2.75) is 26.0 Å². The number of hydrogen-bond donors (Lipinski definition) is 1. The lowest BCUT2D eigenvalue weighted by Crippen LogP contribution is -2.40. The van der Waals surface area contributed by atoms with Gasteiger partial charge in [-0.1, -0.05) is 30.3 Å². The molecule has 0 saturated carbocycles. The first-order valence-electron chi connectivity index (χ1n) is 5.48. The van der Waals surface area contributed by atoms with Gasteiger partial charge in [-0.3, -0.25) is 4.79 Å². The van der Waals surface area contributed by atoms with Crippen LogP contribution in [0, 0.1) is 11.3 Å². The molecule has 0 aromatic heterocycles. The van der Waals surface area contributed by atoms with Crippen LogP contribution < -0.4 is 0 Å². The Bertz CT molecular complexity index is 409. The van der Waals surface area contributed by atoms with Crippen molar-refractivity contribution in [3.63, 3.8) is 0 Å². The number of nitriles is 1. The van der Waals surface area contributed by atoms with Crippen LogP contribution >= 0.6 is 0 Å². The largest absolute Gasteiger partial charge is 0.378 e. The molecule has 4 heteroatoms. The molecule has 0 heterocycles. The molecule has 1 amide bonds. The van der Waals surface area contributed by atoms with Gasteiger partial charge in [0.15, 0.2) is 6.10 Å². The van der Waals surface area contributed by atoms with E-state index in [9.17, 15) is 9.90 Å². The summed E-state index contributed by atoms with van der Waals surface area (Å²) in [6, 6.07) is 10.5. The van der Waals surface area contributed by atoms with Crippen LogP contribution in [-0.4, -0.2) is 28.5 Å². The smallest absolute Gasteiger partial charge is 0.257 e. The third kappa shape index (κ3) is 3.30. The third-order valence-corrected chi connectivity index (χ3v) is 2.50. The Balaban J connectivity index is 2.85. The fraction of sp³-hybridized carbons (Fsp3) is 0.385. The average molecular weight is 232 g/mol. The van der Waals surface area contributed by atoms with Gasteiger partial charge in [0.25, 0.3) is 5.91 Å². The van der Waals surface area contributed by atoms with E-state index < -0.39 is 12.0 Å². The summed E-state index contributed by atoms with van der Waals surface area (Å²) in [5.74, 6) is -0.437. The molecule has 1 aromatic carbocycles. The average Bonchev–Trinajstić information content (AvgIpc) is 2.35. The van der Waals surface area contributed by atoms with Gasteiger partial charge < -0.3 is 10.0 Å². The predicted molar refractivity (Wildman–Crippen MR) is 63.9 cm³/mol. The van der Waals surface area contributed by atoms with Crippen LogP contribution in [0.1, 0.15) is 25.5 Å². The zero-order valence-corrected chi connectivity index (χ0v) is 10.00. The highest BCUT2D eigenvalue weighted by atomic mass is 16.3. The van der Waals surface area contributed by atoms with E-state index in [1.807, 2.05) is 26.0 Å². The summed E-state index contributed by atoms with van der Waals surface area (Å²) in [6.07, 6.45) is -1.20. The zero-order valence-electron chi connectivity index (χ0n) is 10.00. The number of rotatable bonds is 4. The quantitative estimate of drug-likeness (QED) is 0.800. The first-order chi connectivity index (χ1) is 8.07. The van der Waals surface area contributed by atoms with E-state index in [1.54, 1.807) is 24.3 Å². The Morgan fingerprint density at radius 3 is 2.47 bits per heavy atom. The number of benzene rings is 1. The van der Waals surface area contributed by atoms with Crippen LogP contribution in [0.5, 0.6) is 0 Å². The van der Waals surface area contributed by atoms with Gasteiger partial charge >= 0.3 is 0 Å². The van der Waals surface area contributed by atoms with Gasteiger partial charge in [0.1, 0.15) is 6.54 Å². The Morgan fingerprint density at radius 2 is 2.00 bits per heavy atom. The van der Waals surface area contributed by atoms with Gasteiger partial charge in [-0.05, 0) is 19.4 Å². The second-order valence-corrected chi connectivity index (χ2v) is 4.03. The van der Waals surface area contributed by atoms with Crippen molar-refractivity contribution >= 4 is 5.91 Å². The van der Waals surface area contributed by atoms with E-state index in [4.69, 9.17) is 5.26 Å². The molecule has 17 heavy (non-hydrogen) atoms. The summed E-state index contributed by atoms with van der Waals surface area (Å²) >= 11 is 0. The maximum absolute atomic E-state index is 12.0. The van der Waals surface area contributed by atoms with Crippen LogP contribution in [0.15, 0.2) is 30.3 Å². The van der Waals surface area contributed by atoms with Crippen molar-refractivity contribution in [2.75, 3.05) is 6.54 Å². The Hall–Kier alpha value is -1.86. The zero-order chi connectivity index (χ0) is 12.8. The number of aliphatic hydroxyl groups excluding tert-OH is 1. The van der Waals surface area contributed by atoms with Gasteiger partial charge in [-0.25, -0.2) is 0 Å². The lowest BCUT2D eigenvalue weighted by atomic mass is 10.1. The van der Waals surface area contributed by atoms with Crippen LogP contribution in [-0.2, 0) is 4.79 Å². The summed E-state index contributed by atoms with van der Waals surface area (Å²) in [5.41, 5.74) is 0.543. The van der Waals surface area contributed by atoms with Crippen LogP contribution in [0.4, 0.5) is 0 Å². The van der Waals surface area contributed by atoms with Crippen LogP contribution in [0.2, 0.25) is 0 Å². The minimum absolute atomic E-state index is 0.0135. The Kier molecular flexibility index (Phi) is 4.68. The molecule has 1 aromatic rings. The molecule has 0 aliphatic rings. The van der Waals surface area contributed by atoms with Crippen molar-refractivity contribution in [3.8, 4) is 6.07 Å². The number of nitrogens with zero attached hydrogens (tertiary/aromatic N) is 2. The fourth-order valence-corrected chi connectivity index (χ4v) is 1.53. The molecule has 0 bridgehead atoms. The van der Waals surface area contributed by atoms with Gasteiger partial charge in [0.05, 0.1) is 6.07 Å². The summed E-state index contributed by atoms with van der Waals surface area (Å²) < 4.78 is 0.